The second-order valence-electron chi connectivity index (χ2n) is 5.18. The SMILES string of the molecule is O=C(OCC1C(F)(F)C12CC2)c1cccc(C(F)F)n1. The first-order valence-corrected chi connectivity index (χ1v) is 6.18. The fraction of sp³-hybridized carbons (Fsp3) is 0.538. The van der Waals surface area contributed by atoms with Crippen LogP contribution in [0.15, 0.2) is 18.2 Å². The van der Waals surface area contributed by atoms with Crippen molar-refractivity contribution in [3.05, 3.63) is 29.6 Å². The van der Waals surface area contributed by atoms with Crippen molar-refractivity contribution in [2.24, 2.45) is 11.3 Å². The van der Waals surface area contributed by atoms with Crippen molar-refractivity contribution in [1.29, 1.82) is 0 Å². The second kappa shape index (κ2) is 4.17. The number of ether oxygens (including phenoxy) is 1. The minimum atomic E-state index is -2.80. The Kier molecular flexibility index (Phi) is 2.78. The average Bonchev–Trinajstić information content (AvgIpc) is 3.27. The predicted molar refractivity (Wildman–Crippen MR) is 59.6 cm³/mol. The van der Waals surface area contributed by atoms with Crippen LogP contribution in [0.5, 0.6) is 0 Å². The number of carbonyl (C=O) groups excluding carboxylic acids is 1. The van der Waals surface area contributed by atoms with Crippen LogP contribution in [-0.2, 0) is 4.74 Å². The molecule has 0 amide bonds. The topological polar surface area (TPSA) is 39.2 Å². The summed E-state index contributed by atoms with van der Waals surface area (Å²) < 4.78 is 56.3. The number of pyridine rings is 1. The smallest absolute Gasteiger partial charge is 0.356 e. The van der Waals surface area contributed by atoms with Crippen LogP contribution in [0.1, 0.15) is 35.4 Å². The van der Waals surface area contributed by atoms with Gasteiger partial charge in [0.2, 0.25) is 0 Å². The van der Waals surface area contributed by atoms with Crippen LogP contribution >= 0.6 is 0 Å². The van der Waals surface area contributed by atoms with Crippen LogP contribution < -0.4 is 0 Å². The highest BCUT2D eigenvalue weighted by Crippen LogP contribution is 2.79. The molecule has 0 aliphatic heterocycles. The highest BCUT2D eigenvalue weighted by Gasteiger charge is 2.86. The molecule has 1 aromatic rings. The molecule has 0 N–H and O–H groups in total. The molecule has 7 heteroatoms. The number of hydrogen-bond acceptors (Lipinski definition) is 3. The van der Waals surface area contributed by atoms with Gasteiger partial charge in [-0.05, 0) is 25.0 Å². The van der Waals surface area contributed by atoms with E-state index in [2.05, 4.69) is 4.98 Å². The molecule has 1 heterocycles. The molecule has 3 nitrogen and oxygen atoms in total. The van der Waals surface area contributed by atoms with Crippen LogP contribution in [0.4, 0.5) is 17.6 Å². The van der Waals surface area contributed by atoms with Gasteiger partial charge in [0.25, 0.3) is 12.3 Å². The zero-order valence-electron chi connectivity index (χ0n) is 10.3. The van der Waals surface area contributed by atoms with Crippen LogP contribution in [0.3, 0.4) is 0 Å². The van der Waals surface area contributed by atoms with Crippen molar-refractivity contribution in [3.8, 4) is 0 Å². The largest absolute Gasteiger partial charge is 0.460 e. The first kappa shape index (κ1) is 13.3. The lowest BCUT2D eigenvalue weighted by atomic mass is 10.3. The van der Waals surface area contributed by atoms with Gasteiger partial charge in [0.15, 0.2) is 0 Å². The molecule has 108 valence electrons. The van der Waals surface area contributed by atoms with E-state index >= 15 is 0 Å². The maximum atomic E-state index is 13.4. The number of carbonyl (C=O) groups is 1. The third-order valence-corrected chi connectivity index (χ3v) is 4.06. The van der Waals surface area contributed by atoms with Crippen molar-refractivity contribution in [2.45, 2.75) is 25.2 Å². The molecular formula is C13H11F4NO2. The standard InChI is InChI=1S/C13H11F4NO2/c14-10(15)7-2-1-3-8(18-7)11(19)20-6-9-12(4-5-12)13(9,16)17/h1-3,9-10H,4-6H2. The van der Waals surface area contributed by atoms with Gasteiger partial charge < -0.3 is 4.74 Å². The summed E-state index contributed by atoms with van der Waals surface area (Å²) in [6, 6.07) is 3.54. The maximum absolute atomic E-state index is 13.4. The zero-order valence-corrected chi connectivity index (χ0v) is 10.3. The van der Waals surface area contributed by atoms with Crippen LogP contribution in [0, 0.1) is 11.3 Å². The second-order valence-corrected chi connectivity index (χ2v) is 5.18. The monoisotopic (exact) mass is 289 g/mol. The quantitative estimate of drug-likeness (QED) is 0.631. The van der Waals surface area contributed by atoms with E-state index < -0.39 is 42.0 Å². The number of alkyl halides is 4. The predicted octanol–water partition coefficient (Wildman–Crippen LogP) is 3.22. The minimum Gasteiger partial charge on any atom is -0.460 e. The Morgan fingerprint density at radius 3 is 2.65 bits per heavy atom. The lowest BCUT2D eigenvalue weighted by molar-refractivity contribution is 0.0351. The van der Waals surface area contributed by atoms with Gasteiger partial charge in [-0.3, -0.25) is 0 Å². The Balaban J connectivity index is 1.61. The summed E-state index contributed by atoms with van der Waals surface area (Å²) in [5.41, 5.74) is -1.81. The van der Waals surface area contributed by atoms with Crippen molar-refractivity contribution >= 4 is 5.97 Å². The van der Waals surface area contributed by atoms with Crippen molar-refractivity contribution in [2.75, 3.05) is 6.61 Å². The van der Waals surface area contributed by atoms with E-state index in [0.717, 1.165) is 6.07 Å². The highest BCUT2D eigenvalue weighted by molar-refractivity contribution is 5.87. The molecule has 20 heavy (non-hydrogen) atoms. The number of halogens is 4. The summed E-state index contributed by atoms with van der Waals surface area (Å²) in [7, 11) is 0. The van der Waals surface area contributed by atoms with E-state index in [1.807, 2.05) is 0 Å². The molecule has 0 radical (unpaired) electrons. The highest BCUT2D eigenvalue weighted by atomic mass is 19.3. The number of aromatic nitrogens is 1. The molecule has 1 spiro atoms. The Hall–Kier alpha value is -1.66. The molecule has 2 saturated carbocycles. The molecule has 2 fully saturated rings. The fourth-order valence-corrected chi connectivity index (χ4v) is 2.59. The van der Waals surface area contributed by atoms with Gasteiger partial charge in [-0.15, -0.1) is 0 Å². The first-order valence-electron chi connectivity index (χ1n) is 6.18. The zero-order chi connectivity index (χ0) is 14.5. The number of esters is 1. The summed E-state index contributed by atoms with van der Waals surface area (Å²) in [5.74, 6) is -4.67. The van der Waals surface area contributed by atoms with Gasteiger partial charge in [0.1, 0.15) is 18.0 Å². The van der Waals surface area contributed by atoms with E-state index in [1.54, 1.807) is 0 Å². The fourth-order valence-electron chi connectivity index (χ4n) is 2.59. The molecule has 0 aromatic carbocycles. The van der Waals surface area contributed by atoms with Crippen molar-refractivity contribution < 1.29 is 27.1 Å². The summed E-state index contributed by atoms with van der Waals surface area (Å²) in [4.78, 5) is 15.1. The molecule has 1 atom stereocenters. The lowest BCUT2D eigenvalue weighted by Crippen LogP contribution is -2.12. The number of hydrogen-bond donors (Lipinski definition) is 0. The van der Waals surface area contributed by atoms with Crippen molar-refractivity contribution in [1.82, 2.24) is 4.98 Å². The van der Waals surface area contributed by atoms with Gasteiger partial charge in [0.05, 0.1) is 5.92 Å². The van der Waals surface area contributed by atoms with Gasteiger partial charge in [-0.25, -0.2) is 27.3 Å². The van der Waals surface area contributed by atoms with E-state index in [9.17, 15) is 22.4 Å². The molecule has 1 aromatic heterocycles. The summed E-state index contributed by atoms with van der Waals surface area (Å²) in [5, 5.41) is 0. The van der Waals surface area contributed by atoms with Crippen molar-refractivity contribution in [3.63, 3.8) is 0 Å². The van der Waals surface area contributed by atoms with Gasteiger partial charge in [0, 0.05) is 5.41 Å². The van der Waals surface area contributed by atoms with E-state index in [1.165, 1.54) is 12.1 Å². The van der Waals surface area contributed by atoms with Gasteiger partial charge >= 0.3 is 5.97 Å². The number of nitrogens with zero attached hydrogens (tertiary/aromatic N) is 1. The lowest BCUT2D eigenvalue weighted by Gasteiger charge is -2.05. The minimum absolute atomic E-state index is 0.295. The molecule has 1 unspecified atom stereocenters. The number of rotatable bonds is 4. The molecule has 0 saturated heterocycles. The van der Waals surface area contributed by atoms with Gasteiger partial charge in [-0.2, -0.15) is 0 Å². The molecule has 0 bridgehead atoms. The van der Waals surface area contributed by atoms with Crippen LogP contribution in [-0.4, -0.2) is 23.5 Å². The normalized spacial score (nSPS) is 24.8. The van der Waals surface area contributed by atoms with E-state index in [0.29, 0.717) is 12.8 Å². The van der Waals surface area contributed by atoms with Crippen LogP contribution in [0.2, 0.25) is 0 Å². The first-order chi connectivity index (χ1) is 9.38. The molecule has 2 aliphatic rings. The average molecular weight is 289 g/mol. The summed E-state index contributed by atoms with van der Waals surface area (Å²) in [6.07, 6.45) is -1.91. The third-order valence-electron chi connectivity index (χ3n) is 4.06. The molecular weight excluding hydrogens is 278 g/mol. The third kappa shape index (κ3) is 1.87. The summed E-state index contributed by atoms with van der Waals surface area (Å²) in [6.45, 7) is -0.396. The maximum Gasteiger partial charge on any atom is 0.356 e. The van der Waals surface area contributed by atoms with Gasteiger partial charge in [-0.1, -0.05) is 6.07 Å². The van der Waals surface area contributed by atoms with E-state index in [-0.39, 0.29) is 5.69 Å². The Morgan fingerprint density at radius 1 is 1.40 bits per heavy atom. The molecule has 2 aliphatic carbocycles. The Bertz CT molecular complexity index is 553. The Labute approximate surface area is 111 Å². The summed E-state index contributed by atoms with van der Waals surface area (Å²) >= 11 is 0. The van der Waals surface area contributed by atoms with E-state index in [4.69, 9.17) is 4.74 Å². The molecule has 3 rings (SSSR count). The van der Waals surface area contributed by atoms with Crippen LogP contribution in [0.25, 0.3) is 0 Å². The Morgan fingerprint density at radius 2 is 2.10 bits per heavy atom.